The molecular formula is C16H18BrNO. The molecule has 2 nitrogen and oxygen atoms in total. The minimum Gasteiger partial charge on any atom is -0.392 e. The molecule has 2 aromatic rings. The van der Waals surface area contributed by atoms with Gasteiger partial charge in [0.25, 0.3) is 0 Å². The van der Waals surface area contributed by atoms with E-state index in [4.69, 9.17) is 5.11 Å². The highest BCUT2D eigenvalue weighted by molar-refractivity contribution is 9.10. The first-order chi connectivity index (χ1) is 9.20. The molecular weight excluding hydrogens is 302 g/mol. The van der Waals surface area contributed by atoms with Crippen molar-refractivity contribution in [2.24, 2.45) is 0 Å². The molecule has 0 saturated heterocycles. The van der Waals surface area contributed by atoms with E-state index in [9.17, 15) is 0 Å². The predicted octanol–water partition coefficient (Wildman–Crippen LogP) is 3.79. The lowest BCUT2D eigenvalue weighted by Gasteiger charge is -2.15. The number of nitrogens with one attached hydrogen (secondary N) is 1. The Morgan fingerprint density at radius 1 is 1.16 bits per heavy atom. The summed E-state index contributed by atoms with van der Waals surface area (Å²) in [6, 6.07) is 16.5. The highest BCUT2D eigenvalue weighted by atomic mass is 79.9. The summed E-state index contributed by atoms with van der Waals surface area (Å²) in [4.78, 5) is 0. The zero-order chi connectivity index (χ0) is 13.7. The summed E-state index contributed by atoms with van der Waals surface area (Å²) in [5, 5.41) is 12.7. The van der Waals surface area contributed by atoms with Gasteiger partial charge in [-0.3, -0.25) is 0 Å². The van der Waals surface area contributed by atoms with Crippen molar-refractivity contribution in [1.82, 2.24) is 5.32 Å². The molecule has 0 radical (unpaired) electrons. The van der Waals surface area contributed by atoms with Crippen molar-refractivity contribution in [3.63, 3.8) is 0 Å². The lowest BCUT2D eigenvalue weighted by atomic mass is 10.1. The summed E-state index contributed by atoms with van der Waals surface area (Å²) in [5.74, 6) is 0. The van der Waals surface area contributed by atoms with Crippen LogP contribution in [0.1, 0.15) is 29.7 Å². The van der Waals surface area contributed by atoms with E-state index in [2.05, 4.69) is 40.3 Å². The molecule has 0 aliphatic heterocycles. The highest BCUT2D eigenvalue weighted by Crippen LogP contribution is 2.18. The zero-order valence-corrected chi connectivity index (χ0v) is 12.5. The molecule has 2 aromatic carbocycles. The Hall–Kier alpha value is -1.16. The maximum atomic E-state index is 9.16. The third kappa shape index (κ3) is 3.90. The second kappa shape index (κ2) is 6.85. The molecule has 0 aliphatic rings. The lowest BCUT2D eigenvalue weighted by molar-refractivity contribution is 0.281. The van der Waals surface area contributed by atoms with Crippen molar-refractivity contribution in [3.8, 4) is 0 Å². The van der Waals surface area contributed by atoms with Gasteiger partial charge < -0.3 is 10.4 Å². The van der Waals surface area contributed by atoms with E-state index in [0.29, 0.717) is 0 Å². The summed E-state index contributed by atoms with van der Waals surface area (Å²) in [6.07, 6.45) is 0. The van der Waals surface area contributed by atoms with E-state index < -0.39 is 0 Å². The second-order valence-corrected chi connectivity index (χ2v) is 5.45. The van der Waals surface area contributed by atoms with E-state index in [1.54, 1.807) is 0 Å². The Labute approximate surface area is 122 Å². The minimum absolute atomic E-state index is 0.0881. The molecule has 2 N–H and O–H groups in total. The molecule has 3 heteroatoms. The largest absolute Gasteiger partial charge is 0.392 e. The van der Waals surface area contributed by atoms with Gasteiger partial charge in [0.1, 0.15) is 0 Å². The van der Waals surface area contributed by atoms with Crippen LogP contribution in [0.4, 0.5) is 0 Å². The second-order valence-electron chi connectivity index (χ2n) is 4.60. The van der Waals surface area contributed by atoms with Gasteiger partial charge in [-0.05, 0) is 29.7 Å². The van der Waals surface area contributed by atoms with Crippen molar-refractivity contribution in [1.29, 1.82) is 0 Å². The fourth-order valence-corrected chi connectivity index (χ4v) is 2.41. The van der Waals surface area contributed by atoms with Gasteiger partial charge in [0, 0.05) is 17.1 Å². The van der Waals surface area contributed by atoms with E-state index in [1.807, 2.05) is 36.4 Å². The van der Waals surface area contributed by atoms with Crippen LogP contribution in [0.25, 0.3) is 0 Å². The van der Waals surface area contributed by atoms with Gasteiger partial charge in [0.2, 0.25) is 0 Å². The molecule has 1 unspecified atom stereocenters. The molecule has 1 atom stereocenters. The first-order valence-corrected chi connectivity index (χ1v) is 7.16. The number of halogens is 1. The standard InChI is InChI=1S/C16H18BrNO/c1-12(14-7-4-5-13(9-14)11-19)18-10-15-6-2-3-8-16(15)17/h2-9,12,18-19H,10-11H2,1H3. The van der Waals surface area contributed by atoms with Crippen molar-refractivity contribution in [2.45, 2.75) is 26.1 Å². The number of rotatable bonds is 5. The molecule has 19 heavy (non-hydrogen) atoms. The first-order valence-electron chi connectivity index (χ1n) is 6.37. The Morgan fingerprint density at radius 2 is 1.95 bits per heavy atom. The summed E-state index contributed by atoms with van der Waals surface area (Å²) < 4.78 is 1.12. The molecule has 0 aromatic heterocycles. The minimum atomic E-state index is 0.0881. The number of benzene rings is 2. The summed E-state index contributed by atoms with van der Waals surface area (Å²) in [5.41, 5.74) is 3.39. The van der Waals surface area contributed by atoms with Crippen LogP contribution in [0.3, 0.4) is 0 Å². The van der Waals surface area contributed by atoms with Gasteiger partial charge in [0.05, 0.1) is 6.61 Å². The highest BCUT2D eigenvalue weighted by Gasteiger charge is 2.06. The monoisotopic (exact) mass is 319 g/mol. The topological polar surface area (TPSA) is 32.3 Å². The average molecular weight is 320 g/mol. The quantitative estimate of drug-likeness (QED) is 0.878. The van der Waals surface area contributed by atoms with Gasteiger partial charge in [-0.2, -0.15) is 0 Å². The Bertz CT molecular complexity index is 542. The van der Waals surface area contributed by atoms with Crippen LogP contribution in [-0.2, 0) is 13.2 Å². The van der Waals surface area contributed by atoms with Gasteiger partial charge >= 0.3 is 0 Å². The number of hydrogen-bond donors (Lipinski definition) is 2. The fourth-order valence-electron chi connectivity index (χ4n) is 1.98. The number of hydrogen-bond acceptors (Lipinski definition) is 2. The van der Waals surface area contributed by atoms with Crippen molar-refractivity contribution >= 4 is 15.9 Å². The van der Waals surface area contributed by atoms with E-state index >= 15 is 0 Å². The zero-order valence-electron chi connectivity index (χ0n) is 10.9. The van der Waals surface area contributed by atoms with Crippen LogP contribution in [-0.4, -0.2) is 5.11 Å². The maximum Gasteiger partial charge on any atom is 0.0681 e. The van der Waals surface area contributed by atoms with E-state index in [0.717, 1.165) is 16.6 Å². The van der Waals surface area contributed by atoms with Crippen LogP contribution in [0.2, 0.25) is 0 Å². The van der Waals surface area contributed by atoms with Crippen LogP contribution < -0.4 is 5.32 Å². The third-order valence-electron chi connectivity index (χ3n) is 3.19. The summed E-state index contributed by atoms with van der Waals surface area (Å²) >= 11 is 3.55. The van der Waals surface area contributed by atoms with Crippen LogP contribution >= 0.6 is 15.9 Å². The molecule has 0 amide bonds. The average Bonchev–Trinajstić information content (AvgIpc) is 2.46. The van der Waals surface area contributed by atoms with Crippen molar-refractivity contribution < 1.29 is 5.11 Å². The fraction of sp³-hybridized carbons (Fsp3) is 0.250. The smallest absolute Gasteiger partial charge is 0.0681 e. The Balaban J connectivity index is 2.01. The molecule has 0 spiro atoms. The Morgan fingerprint density at radius 3 is 2.68 bits per heavy atom. The van der Waals surface area contributed by atoms with Crippen LogP contribution in [0.15, 0.2) is 53.0 Å². The first kappa shape index (κ1) is 14.3. The lowest BCUT2D eigenvalue weighted by Crippen LogP contribution is -2.18. The van der Waals surface area contributed by atoms with Gasteiger partial charge in [-0.1, -0.05) is 58.4 Å². The molecule has 100 valence electrons. The van der Waals surface area contributed by atoms with Gasteiger partial charge in [-0.25, -0.2) is 0 Å². The summed E-state index contributed by atoms with van der Waals surface area (Å²) in [6.45, 7) is 3.03. The van der Waals surface area contributed by atoms with Gasteiger partial charge in [0.15, 0.2) is 0 Å². The Kier molecular flexibility index (Phi) is 5.14. The summed E-state index contributed by atoms with van der Waals surface area (Å²) in [7, 11) is 0. The maximum absolute atomic E-state index is 9.16. The molecule has 0 bridgehead atoms. The van der Waals surface area contributed by atoms with Crippen LogP contribution in [0, 0.1) is 0 Å². The van der Waals surface area contributed by atoms with Crippen LogP contribution in [0.5, 0.6) is 0 Å². The van der Waals surface area contributed by atoms with Gasteiger partial charge in [-0.15, -0.1) is 0 Å². The number of aliphatic hydroxyl groups is 1. The van der Waals surface area contributed by atoms with Crippen molar-refractivity contribution in [2.75, 3.05) is 0 Å². The predicted molar refractivity (Wildman–Crippen MR) is 81.8 cm³/mol. The number of aliphatic hydroxyl groups excluding tert-OH is 1. The van der Waals surface area contributed by atoms with E-state index in [1.165, 1.54) is 11.1 Å². The molecule has 2 rings (SSSR count). The third-order valence-corrected chi connectivity index (χ3v) is 3.96. The molecule has 0 aliphatic carbocycles. The molecule has 0 saturated carbocycles. The normalized spacial score (nSPS) is 12.4. The molecule has 0 heterocycles. The SMILES string of the molecule is CC(NCc1ccccc1Br)c1cccc(CO)c1. The van der Waals surface area contributed by atoms with E-state index in [-0.39, 0.29) is 12.6 Å². The molecule has 0 fully saturated rings. The van der Waals surface area contributed by atoms with Crippen molar-refractivity contribution in [3.05, 3.63) is 69.7 Å².